The second-order valence-electron chi connectivity index (χ2n) is 1.12. The van der Waals surface area contributed by atoms with Crippen molar-refractivity contribution < 1.29 is 9.59 Å². The smallest absolute Gasteiger partial charge is 0.142 e. The second-order valence-corrected chi connectivity index (χ2v) is 1.12. The Morgan fingerprint density at radius 1 is 1.50 bits per heavy atom. The molecular weight excluding hydrogens is 104 g/mol. The van der Waals surface area contributed by atoms with Gasteiger partial charge in [-0.15, -0.1) is 0 Å². The predicted octanol–water partition coefficient (Wildman–Crippen LogP) is 0.519. The third kappa shape index (κ3) is 4.86. The SMILES string of the molecule is O=C=CC/C=C/C=O. The van der Waals surface area contributed by atoms with E-state index in [4.69, 9.17) is 0 Å². The van der Waals surface area contributed by atoms with Crippen LogP contribution in [0.5, 0.6) is 0 Å². The van der Waals surface area contributed by atoms with Crippen LogP contribution in [-0.2, 0) is 9.59 Å². The molecule has 0 aromatic carbocycles. The van der Waals surface area contributed by atoms with Crippen LogP contribution in [0.25, 0.3) is 0 Å². The molecule has 0 fully saturated rings. The standard InChI is InChI=1S/C6H6O2/c7-5-3-1-2-4-6-8/h1,3-5H,2H2/b3-1+. The summed E-state index contributed by atoms with van der Waals surface area (Å²) in [5.41, 5.74) is 0. The summed E-state index contributed by atoms with van der Waals surface area (Å²) in [6.45, 7) is 0. The minimum atomic E-state index is 0.488. The summed E-state index contributed by atoms with van der Waals surface area (Å²) in [6.07, 6.45) is 5.38. The Balaban J connectivity index is 3.29. The van der Waals surface area contributed by atoms with Gasteiger partial charge in [0, 0.05) is 6.08 Å². The van der Waals surface area contributed by atoms with E-state index in [1.165, 1.54) is 12.2 Å². The van der Waals surface area contributed by atoms with Crippen molar-refractivity contribution in [2.75, 3.05) is 0 Å². The van der Waals surface area contributed by atoms with E-state index in [1.807, 2.05) is 0 Å². The molecule has 0 amide bonds. The summed E-state index contributed by atoms with van der Waals surface area (Å²) in [5, 5.41) is 0. The zero-order chi connectivity index (χ0) is 6.24. The summed E-state index contributed by atoms with van der Waals surface area (Å²) >= 11 is 0. The molecule has 0 aliphatic carbocycles. The van der Waals surface area contributed by atoms with Gasteiger partial charge >= 0.3 is 0 Å². The maximum Gasteiger partial charge on any atom is 0.142 e. The highest BCUT2D eigenvalue weighted by Gasteiger charge is 1.66. The second kappa shape index (κ2) is 5.86. The number of hydrogen-bond donors (Lipinski definition) is 0. The van der Waals surface area contributed by atoms with Gasteiger partial charge in [-0.25, -0.2) is 4.79 Å². The van der Waals surface area contributed by atoms with E-state index in [0.29, 0.717) is 12.7 Å². The van der Waals surface area contributed by atoms with Gasteiger partial charge in [0.05, 0.1) is 0 Å². The summed E-state index contributed by atoms with van der Waals surface area (Å²) < 4.78 is 0. The molecule has 8 heavy (non-hydrogen) atoms. The summed E-state index contributed by atoms with van der Waals surface area (Å²) in [7, 11) is 0. The van der Waals surface area contributed by atoms with Crippen molar-refractivity contribution >= 4 is 12.2 Å². The van der Waals surface area contributed by atoms with Crippen LogP contribution in [-0.4, -0.2) is 12.2 Å². The molecule has 0 aliphatic heterocycles. The highest BCUT2D eigenvalue weighted by atomic mass is 16.1. The Labute approximate surface area is 47.5 Å². The van der Waals surface area contributed by atoms with E-state index >= 15 is 0 Å². The number of allylic oxidation sites excluding steroid dienone is 3. The summed E-state index contributed by atoms with van der Waals surface area (Å²) in [4.78, 5) is 19.0. The maximum atomic E-state index is 9.57. The quantitative estimate of drug-likeness (QED) is 0.301. The van der Waals surface area contributed by atoms with E-state index in [0.717, 1.165) is 0 Å². The van der Waals surface area contributed by atoms with Crippen LogP contribution in [0.2, 0.25) is 0 Å². The Hall–Kier alpha value is -1.14. The topological polar surface area (TPSA) is 34.1 Å². The van der Waals surface area contributed by atoms with Gasteiger partial charge in [-0.3, -0.25) is 4.79 Å². The first kappa shape index (κ1) is 6.86. The molecular formula is C6H6O2. The molecule has 0 rings (SSSR count). The fourth-order valence-corrected chi connectivity index (χ4v) is 0.250. The molecule has 42 valence electrons. The number of aldehydes is 1. The molecule has 0 N–H and O–H groups in total. The third-order valence-electron chi connectivity index (χ3n) is 0.552. The zero-order valence-corrected chi connectivity index (χ0v) is 4.33. The predicted molar refractivity (Wildman–Crippen MR) is 30.1 cm³/mol. The number of carbonyl (C=O) groups excluding carboxylic acids is 2. The molecule has 0 aliphatic rings. The minimum Gasteiger partial charge on any atom is -0.299 e. The van der Waals surface area contributed by atoms with Crippen molar-refractivity contribution in [3.63, 3.8) is 0 Å². The van der Waals surface area contributed by atoms with Crippen LogP contribution in [0.4, 0.5) is 0 Å². The van der Waals surface area contributed by atoms with Gasteiger partial charge in [0.15, 0.2) is 0 Å². The van der Waals surface area contributed by atoms with E-state index in [9.17, 15) is 9.59 Å². The molecule has 0 atom stereocenters. The highest BCUT2D eigenvalue weighted by Crippen LogP contribution is 1.77. The van der Waals surface area contributed by atoms with Crippen LogP contribution in [0.1, 0.15) is 6.42 Å². The van der Waals surface area contributed by atoms with Crippen molar-refractivity contribution in [2.24, 2.45) is 0 Å². The fourth-order valence-electron chi connectivity index (χ4n) is 0.250. The van der Waals surface area contributed by atoms with Crippen LogP contribution in [0.3, 0.4) is 0 Å². The third-order valence-corrected chi connectivity index (χ3v) is 0.552. The van der Waals surface area contributed by atoms with Gasteiger partial charge in [0.25, 0.3) is 0 Å². The Bertz CT molecular complexity index is 129. The van der Waals surface area contributed by atoms with Gasteiger partial charge in [0.1, 0.15) is 12.2 Å². The van der Waals surface area contributed by atoms with Crippen LogP contribution < -0.4 is 0 Å². The molecule has 0 heterocycles. The number of hydrogen-bond acceptors (Lipinski definition) is 2. The van der Waals surface area contributed by atoms with Gasteiger partial charge in [-0.05, 0) is 12.5 Å². The Kier molecular flexibility index (Phi) is 5.02. The average molecular weight is 110 g/mol. The molecule has 0 saturated heterocycles. The molecule has 0 aromatic rings. The molecule has 0 aromatic heterocycles. The largest absolute Gasteiger partial charge is 0.299 e. The van der Waals surface area contributed by atoms with Crippen LogP contribution >= 0.6 is 0 Å². The van der Waals surface area contributed by atoms with E-state index in [-0.39, 0.29) is 0 Å². The zero-order valence-electron chi connectivity index (χ0n) is 4.33. The first-order chi connectivity index (χ1) is 3.91. The lowest BCUT2D eigenvalue weighted by atomic mass is 10.4. The average Bonchev–Trinajstić information content (AvgIpc) is 1.81. The van der Waals surface area contributed by atoms with Crippen LogP contribution in [0.15, 0.2) is 18.2 Å². The number of carbonyl (C=O) groups is 1. The Morgan fingerprint density at radius 3 is 2.75 bits per heavy atom. The highest BCUT2D eigenvalue weighted by molar-refractivity contribution is 5.64. The molecule has 0 spiro atoms. The van der Waals surface area contributed by atoms with Crippen molar-refractivity contribution in [3.05, 3.63) is 18.2 Å². The maximum absolute atomic E-state index is 9.57. The van der Waals surface area contributed by atoms with Gasteiger partial charge < -0.3 is 0 Å². The summed E-state index contributed by atoms with van der Waals surface area (Å²) in [6, 6.07) is 0. The van der Waals surface area contributed by atoms with Gasteiger partial charge in [-0.1, -0.05) is 6.08 Å². The van der Waals surface area contributed by atoms with Crippen molar-refractivity contribution in [1.29, 1.82) is 0 Å². The normalized spacial score (nSPS) is 8.50. The first-order valence-electron chi connectivity index (χ1n) is 2.21. The van der Waals surface area contributed by atoms with E-state index < -0.39 is 0 Å². The molecule has 0 unspecified atom stereocenters. The lowest BCUT2D eigenvalue weighted by molar-refractivity contribution is -0.104. The molecule has 0 saturated carbocycles. The molecule has 0 bridgehead atoms. The van der Waals surface area contributed by atoms with Crippen molar-refractivity contribution in [2.45, 2.75) is 6.42 Å². The Morgan fingerprint density at radius 2 is 2.25 bits per heavy atom. The molecule has 2 nitrogen and oxygen atoms in total. The summed E-state index contributed by atoms with van der Waals surface area (Å²) in [5.74, 6) is 1.58. The van der Waals surface area contributed by atoms with E-state index in [1.54, 1.807) is 12.0 Å². The molecule has 2 heteroatoms. The van der Waals surface area contributed by atoms with E-state index in [2.05, 4.69) is 0 Å². The lowest BCUT2D eigenvalue weighted by Gasteiger charge is -1.68. The first-order valence-corrected chi connectivity index (χ1v) is 2.21. The van der Waals surface area contributed by atoms with Gasteiger partial charge in [0.2, 0.25) is 0 Å². The minimum absolute atomic E-state index is 0.488. The van der Waals surface area contributed by atoms with Gasteiger partial charge in [-0.2, -0.15) is 0 Å². The van der Waals surface area contributed by atoms with Crippen molar-refractivity contribution in [3.8, 4) is 0 Å². The van der Waals surface area contributed by atoms with Crippen molar-refractivity contribution in [1.82, 2.24) is 0 Å². The fraction of sp³-hybridized carbons (Fsp3) is 0.167. The monoisotopic (exact) mass is 110 g/mol. The van der Waals surface area contributed by atoms with Crippen LogP contribution in [0, 0.1) is 0 Å². The number of rotatable bonds is 3. The lowest BCUT2D eigenvalue weighted by Crippen LogP contribution is -1.60. The molecule has 0 radical (unpaired) electrons.